The highest BCUT2D eigenvalue weighted by Crippen LogP contribution is 2.17. The Bertz CT molecular complexity index is 355. The number of aliphatic carboxylic acids is 1. The molecule has 4 heteroatoms. The number of carboxylic acid groups (broad SMARTS) is 1. The maximum Gasteiger partial charge on any atom is 0.320 e. The van der Waals surface area contributed by atoms with Gasteiger partial charge < -0.3 is 10.4 Å². The molecule has 2 N–H and O–H groups in total. The van der Waals surface area contributed by atoms with Crippen LogP contribution >= 0.6 is 11.6 Å². The monoisotopic (exact) mass is 241 g/mol. The molecule has 0 saturated carbocycles. The largest absolute Gasteiger partial charge is 0.480 e. The Hall–Kier alpha value is -1.06. The number of benzene rings is 1. The van der Waals surface area contributed by atoms with Crippen molar-refractivity contribution in [2.75, 3.05) is 7.05 Å². The summed E-state index contributed by atoms with van der Waals surface area (Å²) in [6.07, 6.45) is 2.23. The number of rotatable bonds is 6. The summed E-state index contributed by atoms with van der Waals surface area (Å²) in [4.78, 5) is 10.8. The number of carboxylic acids is 1. The lowest BCUT2D eigenvalue weighted by atomic mass is 10.0. The van der Waals surface area contributed by atoms with Crippen molar-refractivity contribution in [3.63, 3.8) is 0 Å². The van der Waals surface area contributed by atoms with Crippen molar-refractivity contribution in [1.29, 1.82) is 0 Å². The van der Waals surface area contributed by atoms with E-state index in [0.29, 0.717) is 6.42 Å². The van der Waals surface area contributed by atoms with E-state index in [-0.39, 0.29) is 0 Å². The minimum atomic E-state index is -0.804. The first-order valence-corrected chi connectivity index (χ1v) is 5.66. The molecule has 0 amide bonds. The van der Waals surface area contributed by atoms with Crippen molar-refractivity contribution < 1.29 is 9.90 Å². The van der Waals surface area contributed by atoms with Crippen LogP contribution in [0.15, 0.2) is 24.3 Å². The highest BCUT2D eigenvalue weighted by Gasteiger charge is 2.13. The lowest BCUT2D eigenvalue weighted by molar-refractivity contribution is -0.139. The van der Waals surface area contributed by atoms with Crippen LogP contribution in [0.5, 0.6) is 0 Å². The van der Waals surface area contributed by atoms with Gasteiger partial charge in [-0.1, -0.05) is 29.8 Å². The van der Waals surface area contributed by atoms with Gasteiger partial charge >= 0.3 is 5.97 Å². The Kier molecular flexibility index (Phi) is 5.29. The lowest BCUT2D eigenvalue weighted by Gasteiger charge is -2.10. The number of halogens is 1. The van der Waals surface area contributed by atoms with E-state index in [9.17, 15) is 4.79 Å². The van der Waals surface area contributed by atoms with Crippen molar-refractivity contribution in [2.24, 2.45) is 0 Å². The minimum Gasteiger partial charge on any atom is -0.480 e. The summed E-state index contributed by atoms with van der Waals surface area (Å²) in [5, 5.41) is 12.4. The summed E-state index contributed by atoms with van der Waals surface area (Å²) < 4.78 is 0. The maximum absolute atomic E-state index is 10.8. The van der Waals surface area contributed by atoms with Crippen LogP contribution in [0.25, 0.3) is 0 Å². The van der Waals surface area contributed by atoms with E-state index in [1.807, 2.05) is 24.3 Å². The maximum atomic E-state index is 10.8. The first-order chi connectivity index (χ1) is 7.65. The molecule has 0 unspecified atom stereocenters. The number of hydrogen-bond donors (Lipinski definition) is 2. The molecule has 0 fully saturated rings. The van der Waals surface area contributed by atoms with Crippen molar-refractivity contribution in [2.45, 2.75) is 25.3 Å². The fraction of sp³-hybridized carbons (Fsp3) is 0.417. The minimum absolute atomic E-state index is 0.470. The normalized spacial score (nSPS) is 12.4. The predicted molar refractivity (Wildman–Crippen MR) is 64.9 cm³/mol. The molecule has 0 spiro atoms. The van der Waals surface area contributed by atoms with Crippen LogP contribution in [0.2, 0.25) is 5.02 Å². The SMILES string of the molecule is CN[C@@H](CCCc1ccccc1Cl)C(=O)O. The molecule has 0 radical (unpaired) electrons. The van der Waals surface area contributed by atoms with Gasteiger partial charge in [0.2, 0.25) is 0 Å². The fourth-order valence-corrected chi connectivity index (χ4v) is 1.82. The van der Waals surface area contributed by atoms with Crippen molar-refractivity contribution in [1.82, 2.24) is 5.32 Å². The summed E-state index contributed by atoms with van der Waals surface area (Å²) in [6.45, 7) is 0. The first kappa shape index (κ1) is 13.0. The molecule has 3 nitrogen and oxygen atoms in total. The van der Waals surface area contributed by atoms with Crippen LogP contribution < -0.4 is 5.32 Å². The molecule has 16 heavy (non-hydrogen) atoms. The smallest absolute Gasteiger partial charge is 0.320 e. The molecular formula is C12H16ClNO2. The predicted octanol–water partition coefficient (Wildman–Crippen LogP) is 2.34. The van der Waals surface area contributed by atoms with Gasteiger partial charge in [0.25, 0.3) is 0 Å². The van der Waals surface area contributed by atoms with Gasteiger partial charge in [-0.2, -0.15) is 0 Å². The number of nitrogens with one attached hydrogen (secondary N) is 1. The number of hydrogen-bond acceptors (Lipinski definition) is 2. The van der Waals surface area contributed by atoms with Crippen LogP contribution in [0.1, 0.15) is 18.4 Å². The zero-order chi connectivity index (χ0) is 12.0. The third-order valence-corrected chi connectivity index (χ3v) is 2.91. The summed E-state index contributed by atoms with van der Waals surface area (Å²) >= 11 is 6.00. The molecule has 0 saturated heterocycles. The second-order valence-electron chi connectivity index (χ2n) is 3.66. The van der Waals surface area contributed by atoms with Crippen molar-refractivity contribution in [3.05, 3.63) is 34.9 Å². The summed E-state index contributed by atoms with van der Waals surface area (Å²) in [5.74, 6) is -0.804. The second-order valence-corrected chi connectivity index (χ2v) is 4.07. The van der Waals surface area contributed by atoms with Gasteiger partial charge in [-0.3, -0.25) is 4.79 Å². The Morgan fingerprint density at radius 1 is 1.50 bits per heavy atom. The highest BCUT2D eigenvalue weighted by molar-refractivity contribution is 6.31. The van der Waals surface area contributed by atoms with Gasteiger partial charge in [0, 0.05) is 5.02 Å². The van der Waals surface area contributed by atoms with E-state index < -0.39 is 12.0 Å². The molecular weight excluding hydrogens is 226 g/mol. The van der Waals surface area contributed by atoms with Crippen LogP contribution in [-0.2, 0) is 11.2 Å². The topological polar surface area (TPSA) is 49.3 Å². The van der Waals surface area contributed by atoms with Gasteiger partial charge in [0.15, 0.2) is 0 Å². The van der Waals surface area contributed by atoms with Gasteiger partial charge in [-0.15, -0.1) is 0 Å². The van der Waals surface area contributed by atoms with E-state index >= 15 is 0 Å². The molecule has 1 rings (SSSR count). The van der Waals surface area contributed by atoms with E-state index in [2.05, 4.69) is 5.32 Å². The second kappa shape index (κ2) is 6.51. The summed E-state index contributed by atoms with van der Waals surface area (Å²) in [6, 6.07) is 7.18. The molecule has 1 aromatic carbocycles. The number of aryl methyl sites for hydroxylation is 1. The zero-order valence-corrected chi connectivity index (χ0v) is 10.00. The molecule has 0 aromatic heterocycles. The Morgan fingerprint density at radius 2 is 2.19 bits per heavy atom. The Balaban J connectivity index is 2.41. The average Bonchev–Trinajstić information content (AvgIpc) is 2.26. The van der Waals surface area contributed by atoms with Gasteiger partial charge in [-0.25, -0.2) is 0 Å². The van der Waals surface area contributed by atoms with Crippen LogP contribution in [0.4, 0.5) is 0 Å². The Morgan fingerprint density at radius 3 is 2.75 bits per heavy atom. The summed E-state index contributed by atoms with van der Waals surface area (Å²) in [7, 11) is 1.66. The van der Waals surface area contributed by atoms with Crippen molar-refractivity contribution in [3.8, 4) is 0 Å². The summed E-state index contributed by atoms with van der Waals surface area (Å²) in [5.41, 5.74) is 1.07. The highest BCUT2D eigenvalue weighted by atomic mass is 35.5. The van der Waals surface area contributed by atoms with E-state index in [1.165, 1.54) is 0 Å². The fourth-order valence-electron chi connectivity index (χ4n) is 1.59. The third kappa shape index (κ3) is 3.83. The van der Waals surface area contributed by atoms with E-state index in [4.69, 9.17) is 16.7 Å². The molecule has 0 aliphatic carbocycles. The van der Waals surface area contributed by atoms with E-state index in [1.54, 1.807) is 7.05 Å². The molecule has 1 aromatic rings. The zero-order valence-electron chi connectivity index (χ0n) is 9.24. The molecule has 88 valence electrons. The quantitative estimate of drug-likeness (QED) is 0.804. The number of likely N-dealkylation sites (N-methyl/N-ethyl adjacent to an activating group) is 1. The van der Waals surface area contributed by atoms with Gasteiger partial charge in [0.05, 0.1) is 0 Å². The lowest BCUT2D eigenvalue weighted by Crippen LogP contribution is -2.33. The Labute approximate surface area is 100 Å². The molecule has 0 aliphatic rings. The molecule has 1 atom stereocenters. The van der Waals surface area contributed by atoms with Crippen molar-refractivity contribution >= 4 is 17.6 Å². The van der Waals surface area contributed by atoms with E-state index in [0.717, 1.165) is 23.4 Å². The van der Waals surface area contributed by atoms with Crippen LogP contribution in [0.3, 0.4) is 0 Å². The van der Waals surface area contributed by atoms with Gasteiger partial charge in [-0.05, 0) is 37.9 Å². The average molecular weight is 242 g/mol. The number of carbonyl (C=O) groups is 1. The molecule has 0 heterocycles. The first-order valence-electron chi connectivity index (χ1n) is 5.28. The standard InChI is InChI=1S/C12H16ClNO2/c1-14-11(12(15)16)8-4-6-9-5-2-3-7-10(9)13/h2-3,5,7,11,14H,4,6,8H2,1H3,(H,15,16)/t11-/m0/s1. The molecule has 0 bridgehead atoms. The van der Waals surface area contributed by atoms with Crippen LogP contribution in [-0.4, -0.2) is 24.2 Å². The third-order valence-electron chi connectivity index (χ3n) is 2.54. The van der Waals surface area contributed by atoms with Crippen LogP contribution in [0, 0.1) is 0 Å². The van der Waals surface area contributed by atoms with Gasteiger partial charge in [0.1, 0.15) is 6.04 Å². The molecule has 0 aliphatic heterocycles.